The fourth-order valence-electron chi connectivity index (χ4n) is 2.92. The first kappa shape index (κ1) is 16.5. The maximum absolute atomic E-state index is 12.5. The quantitative estimate of drug-likeness (QED) is 0.774. The zero-order valence-electron chi connectivity index (χ0n) is 12.7. The molecule has 1 aromatic carbocycles. The lowest BCUT2D eigenvalue weighted by atomic mass is 9.82. The summed E-state index contributed by atoms with van der Waals surface area (Å²) in [5.41, 5.74) is 0.897. The first-order valence-electron chi connectivity index (χ1n) is 7.29. The number of hydrogen-bond acceptors (Lipinski definition) is 4. The van der Waals surface area contributed by atoms with Crippen LogP contribution in [0.2, 0.25) is 0 Å². The molecule has 0 spiro atoms. The third-order valence-corrected chi connectivity index (χ3v) is 3.83. The standard InChI is InChI=1S/C16H20F2O4/c1-10(19)21-13-5-3-4-11(8-13)12-6-7-14(20-2)15(9-12)22-16(17)18/h6-7,9,11,13,16H,3-5,8H2,1-2H3. The molecular weight excluding hydrogens is 294 g/mol. The van der Waals surface area contributed by atoms with E-state index >= 15 is 0 Å². The number of halogens is 2. The van der Waals surface area contributed by atoms with Crippen molar-refractivity contribution < 1.29 is 27.8 Å². The number of hydrogen-bond donors (Lipinski definition) is 0. The Morgan fingerprint density at radius 3 is 2.68 bits per heavy atom. The van der Waals surface area contributed by atoms with Gasteiger partial charge in [0.15, 0.2) is 11.5 Å². The molecule has 0 bridgehead atoms. The number of carbonyl (C=O) groups is 1. The second-order valence-corrected chi connectivity index (χ2v) is 5.38. The van der Waals surface area contributed by atoms with Gasteiger partial charge < -0.3 is 14.2 Å². The average molecular weight is 314 g/mol. The number of methoxy groups -OCH3 is 1. The van der Waals surface area contributed by atoms with Crippen LogP contribution in [-0.2, 0) is 9.53 Å². The van der Waals surface area contributed by atoms with Gasteiger partial charge in [0.05, 0.1) is 7.11 Å². The highest BCUT2D eigenvalue weighted by atomic mass is 19.3. The van der Waals surface area contributed by atoms with E-state index in [4.69, 9.17) is 9.47 Å². The normalized spacial score (nSPS) is 21.5. The Morgan fingerprint density at radius 2 is 2.05 bits per heavy atom. The second-order valence-electron chi connectivity index (χ2n) is 5.38. The number of carbonyl (C=O) groups excluding carboxylic acids is 1. The van der Waals surface area contributed by atoms with Gasteiger partial charge in [-0.2, -0.15) is 8.78 Å². The number of benzene rings is 1. The maximum atomic E-state index is 12.5. The largest absolute Gasteiger partial charge is 0.493 e. The van der Waals surface area contributed by atoms with Crippen molar-refractivity contribution in [1.29, 1.82) is 0 Å². The molecule has 1 aliphatic carbocycles. The molecule has 2 unspecified atom stereocenters. The van der Waals surface area contributed by atoms with Crippen LogP contribution in [0, 0.1) is 0 Å². The summed E-state index contributed by atoms with van der Waals surface area (Å²) in [6.07, 6.45) is 3.28. The van der Waals surface area contributed by atoms with Gasteiger partial charge >= 0.3 is 12.6 Å². The summed E-state index contributed by atoms with van der Waals surface area (Å²) in [6.45, 7) is -1.50. The molecule has 0 heterocycles. The molecule has 2 atom stereocenters. The van der Waals surface area contributed by atoms with Gasteiger partial charge in [0.1, 0.15) is 6.10 Å². The smallest absolute Gasteiger partial charge is 0.387 e. The molecule has 122 valence electrons. The van der Waals surface area contributed by atoms with E-state index in [9.17, 15) is 13.6 Å². The molecule has 0 N–H and O–H groups in total. The highest BCUT2D eigenvalue weighted by Crippen LogP contribution is 2.38. The van der Waals surface area contributed by atoms with E-state index in [2.05, 4.69) is 4.74 Å². The topological polar surface area (TPSA) is 44.8 Å². The first-order chi connectivity index (χ1) is 10.5. The molecule has 0 amide bonds. The molecule has 0 saturated heterocycles. The molecule has 0 aliphatic heterocycles. The molecule has 0 aromatic heterocycles. The average Bonchev–Trinajstić information content (AvgIpc) is 2.46. The minimum Gasteiger partial charge on any atom is -0.493 e. The first-order valence-corrected chi connectivity index (χ1v) is 7.29. The SMILES string of the molecule is COc1ccc(C2CCCC(OC(C)=O)C2)cc1OC(F)F. The van der Waals surface area contributed by atoms with Gasteiger partial charge in [0, 0.05) is 6.92 Å². The van der Waals surface area contributed by atoms with Crippen LogP contribution in [0.3, 0.4) is 0 Å². The van der Waals surface area contributed by atoms with E-state index in [0.717, 1.165) is 24.8 Å². The van der Waals surface area contributed by atoms with Crippen molar-refractivity contribution in [2.75, 3.05) is 7.11 Å². The third-order valence-electron chi connectivity index (χ3n) is 3.83. The van der Waals surface area contributed by atoms with Crippen molar-refractivity contribution in [1.82, 2.24) is 0 Å². The molecule has 4 nitrogen and oxygen atoms in total. The van der Waals surface area contributed by atoms with E-state index in [1.807, 2.05) is 6.07 Å². The van der Waals surface area contributed by atoms with E-state index in [1.165, 1.54) is 14.0 Å². The van der Waals surface area contributed by atoms with Crippen LogP contribution in [0.25, 0.3) is 0 Å². The maximum Gasteiger partial charge on any atom is 0.387 e. The molecule has 2 rings (SSSR count). The zero-order chi connectivity index (χ0) is 16.1. The molecule has 1 aromatic rings. The fraction of sp³-hybridized carbons (Fsp3) is 0.562. The Hall–Kier alpha value is -1.85. The Labute approximate surface area is 128 Å². The molecule has 22 heavy (non-hydrogen) atoms. The fourth-order valence-corrected chi connectivity index (χ4v) is 2.92. The predicted octanol–water partition coefficient (Wildman–Crippen LogP) is 3.89. The summed E-state index contributed by atoms with van der Waals surface area (Å²) in [5, 5.41) is 0. The van der Waals surface area contributed by atoms with Crippen molar-refractivity contribution in [3.8, 4) is 11.5 Å². The van der Waals surface area contributed by atoms with Crippen molar-refractivity contribution >= 4 is 5.97 Å². The molecular formula is C16H20F2O4. The van der Waals surface area contributed by atoms with Crippen molar-refractivity contribution in [3.05, 3.63) is 23.8 Å². The van der Waals surface area contributed by atoms with Crippen LogP contribution in [-0.4, -0.2) is 25.8 Å². The Bertz CT molecular complexity index is 519. The van der Waals surface area contributed by atoms with Crippen LogP contribution in [0.15, 0.2) is 18.2 Å². The summed E-state index contributed by atoms with van der Waals surface area (Å²) in [7, 11) is 1.41. The minimum atomic E-state index is -2.90. The summed E-state index contributed by atoms with van der Waals surface area (Å²) < 4.78 is 39.8. The lowest BCUT2D eigenvalue weighted by molar-refractivity contribution is -0.148. The molecule has 0 radical (unpaired) electrons. The van der Waals surface area contributed by atoms with E-state index in [1.54, 1.807) is 12.1 Å². The summed E-state index contributed by atoms with van der Waals surface area (Å²) in [6, 6.07) is 5.06. The van der Waals surface area contributed by atoms with Gasteiger partial charge in [-0.15, -0.1) is 0 Å². The Balaban J connectivity index is 2.15. The van der Waals surface area contributed by atoms with E-state index < -0.39 is 6.61 Å². The van der Waals surface area contributed by atoms with Crippen LogP contribution in [0.1, 0.15) is 44.1 Å². The monoisotopic (exact) mass is 314 g/mol. The van der Waals surface area contributed by atoms with Gasteiger partial charge in [0.25, 0.3) is 0 Å². The third kappa shape index (κ3) is 4.32. The zero-order valence-corrected chi connectivity index (χ0v) is 12.7. The van der Waals surface area contributed by atoms with Gasteiger partial charge in [-0.05, 0) is 49.3 Å². The summed E-state index contributed by atoms with van der Waals surface area (Å²) in [4.78, 5) is 11.1. The van der Waals surface area contributed by atoms with Crippen molar-refractivity contribution in [2.45, 2.75) is 51.2 Å². The molecule has 1 saturated carbocycles. The van der Waals surface area contributed by atoms with Crippen molar-refractivity contribution in [3.63, 3.8) is 0 Å². The predicted molar refractivity (Wildman–Crippen MR) is 76.4 cm³/mol. The Kier molecular flexibility index (Phi) is 5.57. The lowest BCUT2D eigenvalue weighted by Gasteiger charge is -2.29. The van der Waals surface area contributed by atoms with Crippen molar-refractivity contribution in [2.24, 2.45) is 0 Å². The summed E-state index contributed by atoms with van der Waals surface area (Å²) >= 11 is 0. The van der Waals surface area contributed by atoms with E-state index in [-0.39, 0.29) is 29.5 Å². The van der Waals surface area contributed by atoms with Gasteiger partial charge in [-0.3, -0.25) is 4.79 Å². The highest BCUT2D eigenvalue weighted by molar-refractivity contribution is 5.66. The lowest BCUT2D eigenvalue weighted by Crippen LogP contribution is -2.23. The molecule has 6 heteroatoms. The number of ether oxygens (including phenoxy) is 3. The highest BCUT2D eigenvalue weighted by Gasteiger charge is 2.26. The molecule has 1 aliphatic rings. The van der Waals surface area contributed by atoms with Crippen LogP contribution in [0.4, 0.5) is 8.78 Å². The van der Waals surface area contributed by atoms with Gasteiger partial charge in [0.2, 0.25) is 0 Å². The Morgan fingerprint density at radius 1 is 1.27 bits per heavy atom. The van der Waals surface area contributed by atoms with E-state index in [0.29, 0.717) is 6.42 Å². The van der Waals surface area contributed by atoms with Crippen LogP contribution >= 0.6 is 0 Å². The van der Waals surface area contributed by atoms with Crippen LogP contribution < -0.4 is 9.47 Å². The van der Waals surface area contributed by atoms with Gasteiger partial charge in [-0.25, -0.2) is 0 Å². The summed E-state index contributed by atoms with van der Waals surface area (Å²) in [5.74, 6) is 0.173. The minimum absolute atomic E-state index is 0.0320. The number of alkyl halides is 2. The van der Waals surface area contributed by atoms with Crippen LogP contribution in [0.5, 0.6) is 11.5 Å². The second kappa shape index (κ2) is 7.42. The van der Waals surface area contributed by atoms with Gasteiger partial charge in [-0.1, -0.05) is 6.07 Å². The number of esters is 1. The number of rotatable bonds is 5. The molecule has 1 fully saturated rings.